The molecule has 0 aromatic rings. The Kier molecular flexibility index (Phi) is 6.33. The van der Waals surface area contributed by atoms with E-state index in [0.29, 0.717) is 0 Å². The van der Waals surface area contributed by atoms with Crippen LogP contribution >= 0.6 is 0 Å². The highest BCUT2D eigenvalue weighted by Gasteiger charge is 1.93. The Balaban J connectivity index is -0.0000000417. The molecular formula is C5H21NSi. The van der Waals surface area contributed by atoms with Gasteiger partial charge >= 0.3 is 0 Å². The van der Waals surface area contributed by atoms with E-state index in [1.807, 2.05) is 0 Å². The molecule has 1 nitrogen and oxygen atoms in total. The first kappa shape index (κ1) is 10.2. The largest absolute Gasteiger partial charge is 0.332 e. The first-order valence-electron chi connectivity index (χ1n) is 2.31. The van der Waals surface area contributed by atoms with Crippen molar-refractivity contribution in [1.82, 2.24) is 4.57 Å². The maximum Gasteiger partial charge on any atom is 0.105 e. The van der Waals surface area contributed by atoms with Crippen molar-refractivity contribution >= 4 is 8.96 Å². The predicted octanol–water partition coefficient (Wildman–Crippen LogP) is 1.66. The molecule has 0 aliphatic carbocycles. The summed E-state index contributed by atoms with van der Waals surface area (Å²) in [6.45, 7) is 4.61. The van der Waals surface area contributed by atoms with E-state index in [1.54, 1.807) is 0 Å². The molecule has 0 spiro atoms. The molecule has 0 rings (SSSR count). The Morgan fingerprint density at radius 1 is 1.29 bits per heavy atom. The molecule has 0 heterocycles. The van der Waals surface area contributed by atoms with Crippen molar-refractivity contribution in [2.45, 2.75) is 20.5 Å². The molecule has 0 radical (unpaired) electrons. The van der Waals surface area contributed by atoms with Gasteiger partial charge in [-0.05, 0) is 14.1 Å². The molecular weight excluding hydrogens is 102 g/mol. The molecule has 0 atom stereocenters. The van der Waals surface area contributed by atoms with Gasteiger partial charge in [0, 0.05) is 2.85 Å². The van der Waals surface area contributed by atoms with Crippen LogP contribution in [0.15, 0.2) is 0 Å². The summed E-state index contributed by atoms with van der Waals surface area (Å²) in [5.41, 5.74) is 0. The van der Waals surface area contributed by atoms with Crippen LogP contribution < -0.4 is 0 Å². The minimum absolute atomic E-state index is 0. The highest BCUT2D eigenvalue weighted by Crippen LogP contribution is 1.79. The van der Waals surface area contributed by atoms with E-state index in [2.05, 4.69) is 31.8 Å². The molecule has 7 heavy (non-hydrogen) atoms. The molecule has 0 aliphatic rings. The highest BCUT2D eigenvalue weighted by molar-refractivity contribution is 6.52. The molecule has 0 aromatic heterocycles. The van der Waals surface area contributed by atoms with Crippen LogP contribution in [0.2, 0.25) is 13.1 Å². The average Bonchev–Trinajstić information content (AvgIpc) is 1.36. The van der Waals surface area contributed by atoms with Gasteiger partial charge in [-0.1, -0.05) is 20.5 Å². The first-order chi connectivity index (χ1) is 2.64. The summed E-state index contributed by atoms with van der Waals surface area (Å²) in [6.07, 6.45) is 0. The van der Waals surface area contributed by atoms with Crippen LogP contribution in [-0.4, -0.2) is 27.6 Å². The fourth-order valence-electron chi connectivity index (χ4n) is 0. The third kappa shape index (κ3) is 6.18. The second-order valence-electron chi connectivity index (χ2n) is 2.06. The molecule has 0 bridgehead atoms. The highest BCUT2D eigenvalue weighted by atomic mass is 28.3. The van der Waals surface area contributed by atoms with E-state index in [1.165, 1.54) is 0 Å². The Labute approximate surface area is 52.0 Å². The standard InChI is InChI=1S/C4H13NSi.CH4.2H2/c1-5(2)6(3)4;;;/h6H,1-4H3;1H4;2*1H. The van der Waals surface area contributed by atoms with Gasteiger partial charge in [0.1, 0.15) is 8.96 Å². The second kappa shape index (κ2) is 4.34. The summed E-state index contributed by atoms with van der Waals surface area (Å²) >= 11 is 0. The molecule has 0 fully saturated rings. The molecule has 2 heteroatoms. The second-order valence-corrected chi connectivity index (χ2v) is 5.28. The number of hydrogen-bond donors (Lipinski definition) is 0. The van der Waals surface area contributed by atoms with E-state index in [4.69, 9.17) is 0 Å². The van der Waals surface area contributed by atoms with Gasteiger partial charge < -0.3 is 4.57 Å². The summed E-state index contributed by atoms with van der Waals surface area (Å²) < 4.78 is 2.31. The Bertz CT molecular complexity index is 35.9. The smallest absolute Gasteiger partial charge is 0.105 e. The Morgan fingerprint density at radius 2 is 1.43 bits per heavy atom. The maximum atomic E-state index is 2.31. The number of rotatable bonds is 1. The van der Waals surface area contributed by atoms with Crippen molar-refractivity contribution in [2.75, 3.05) is 14.1 Å². The van der Waals surface area contributed by atoms with Gasteiger partial charge in [0.15, 0.2) is 0 Å². The normalized spacial score (nSPS) is 9.43. The summed E-state index contributed by atoms with van der Waals surface area (Å²) in [5.74, 6) is 0. The monoisotopic (exact) mass is 123 g/mol. The van der Waals surface area contributed by atoms with Crippen LogP contribution in [0.3, 0.4) is 0 Å². The lowest BCUT2D eigenvalue weighted by Crippen LogP contribution is -2.25. The van der Waals surface area contributed by atoms with E-state index in [-0.39, 0.29) is 10.3 Å². The van der Waals surface area contributed by atoms with Gasteiger partial charge in [-0.15, -0.1) is 0 Å². The Morgan fingerprint density at radius 3 is 1.43 bits per heavy atom. The molecule has 0 amide bonds. The lowest BCUT2D eigenvalue weighted by Gasteiger charge is -2.10. The molecule has 0 saturated heterocycles. The van der Waals surface area contributed by atoms with Crippen molar-refractivity contribution in [3.05, 3.63) is 0 Å². The fourth-order valence-corrected chi connectivity index (χ4v) is 0. The Hall–Kier alpha value is 0.177. The number of nitrogens with zero attached hydrogens (tertiary/aromatic N) is 1. The van der Waals surface area contributed by atoms with E-state index >= 15 is 0 Å². The first-order valence-corrected chi connectivity index (χ1v) is 5.13. The van der Waals surface area contributed by atoms with Crippen LogP contribution in [0.4, 0.5) is 0 Å². The quantitative estimate of drug-likeness (QED) is 0.479. The third-order valence-corrected chi connectivity index (χ3v) is 3.10. The number of hydrogen-bond acceptors (Lipinski definition) is 1. The van der Waals surface area contributed by atoms with Crippen LogP contribution in [0.1, 0.15) is 10.3 Å². The van der Waals surface area contributed by atoms with Gasteiger partial charge in [-0.2, -0.15) is 0 Å². The van der Waals surface area contributed by atoms with E-state index in [0.717, 1.165) is 0 Å². The minimum atomic E-state index is -0.410. The summed E-state index contributed by atoms with van der Waals surface area (Å²) in [7, 11) is 3.86. The summed E-state index contributed by atoms with van der Waals surface area (Å²) in [6, 6.07) is 0. The van der Waals surface area contributed by atoms with Gasteiger partial charge in [0.25, 0.3) is 0 Å². The SMILES string of the molecule is C.CN(C)[SiH](C)C.[HH].[HH]. The summed E-state index contributed by atoms with van der Waals surface area (Å²) in [4.78, 5) is 0. The van der Waals surface area contributed by atoms with Gasteiger partial charge in [-0.25, -0.2) is 0 Å². The maximum absolute atomic E-state index is 2.31. The zero-order chi connectivity index (χ0) is 5.15. The fraction of sp³-hybridized carbons (Fsp3) is 1.00. The average molecular weight is 123 g/mol. The van der Waals surface area contributed by atoms with Crippen molar-refractivity contribution in [3.63, 3.8) is 0 Å². The predicted molar refractivity (Wildman–Crippen MR) is 43.5 cm³/mol. The zero-order valence-electron chi connectivity index (χ0n) is 5.02. The van der Waals surface area contributed by atoms with Crippen molar-refractivity contribution in [3.8, 4) is 0 Å². The third-order valence-electron chi connectivity index (χ3n) is 1.03. The lowest BCUT2D eigenvalue weighted by atomic mass is 11.3. The van der Waals surface area contributed by atoms with E-state index < -0.39 is 8.96 Å². The molecule has 0 saturated carbocycles. The topological polar surface area (TPSA) is 3.24 Å². The summed E-state index contributed by atoms with van der Waals surface area (Å²) in [5, 5.41) is 0. The van der Waals surface area contributed by atoms with Gasteiger partial charge in [-0.3, -0.25) is 0 Å². The van der Waals surface area contributed by atoms with Crippen molar-refractivity contribution in [2.24, 2.45) is 0 Å². The molecule has 0 unspecified atom stereocenters. The molecule has 50 valence electrons. The van der Waals surface area contributed by atoms with E-state index in [9.17, 15) is 0 Å². The van der Waals surface area contributed by atoms with Crippen LogP contribution in [-0.2, 0) is 0 Å². The van der Waals surface area contributed by atoms with Crippen LogP contribution in [0.25, 0.3) is 0 Å². The van der Waals surface area contributed by atoms with Gasteiger partial charge in [0.05, 0.1) is 0 Å². The van der Waals surface area contributed by atoms with Crippen molar-refractivity contribution in [1.29, 1.82) is 0 Å². The van der Waals surface area contributed by atoms with Gasteiger partial charge in [0.2, 0.25) is 0 Å². The van der Waals surface area contributed by atoms with Crippen LogP contribution in [0, 0.1) is 0 Å². The van der Waals surface area contributed by atoms with Crippen LogP contribution in [0.5, 0.6) is 0 Å². The molecule has 0 aliphatic heterocycles. The molecule has 0 N–H and O–H groups in total. The molecule has 0 aromatic carbocycles. The minimum Gasteiger partial charge on any atom is -0.332 e. The van der Waals surface area contributed by atoms with Crippen molar-refractivity contribution < 1.29 is 2.85 Å². The lowest BCUT2D eigenvalue weighted by molar-refractivity contribution is 0.648. The zero-order valence-corrected chi connectivity index (χ0v) is 6.18.